The number of para-hydroxylation sites is 1. The highest BCUT2D eigenvalue weighted by atomic mass is 16.5. The van der Waals surface area contributed by atoms with Gasteiger partial charge in [-0.2, -0.15) is 0 Å². The van der Waals surface area contributed by atoms with Crippen molar-refractivity contribution in [2.24, 2.45) is 0 Å². The Morgan fingerprint density at radius 1 is 0.389 bits per heavy atom. The Bertz CT molecular complexity index is 5970. The summed E-state index contributed by atoms with van der Waals surface area (Å²) in [6.45, 7) is 29.4. The van der Waals surface area contributed by atoms with E-state index in [0.717, 1.165) is 91.6 Å². The quantitative estimate of drug-likeness (QED) is 0.0318. The second kappa shape index (κ2) is 38.3. The molecule has 0 aliphatic heterocycles. The molecule has 13 rings (SSSR count). The number of aryl methyl sites for hydroxylation is 3. The lowest BCUT2D eigenvalue weighted by atomic mass is 10.0. The molecule has 552 valence electrons. The summed E-state index contributed by atoms with van der Waals surface area (Å²) in [6.07, 6.45) is 14.3. The SMILES string of the molecule is C=C(C)COc1ccc2c(C)cc(=O)oc2c1.CC(C)=C=COc1ccc2ccc(=O)oc2c1.CC(C)=CCC/C(C)=C/COc1ccc2c(-c3ccccc3)cc(=O)oc2c1.CC(C)=CCC/C(C)=C/COc1ccc2c(C)cc(=O)oc2c1.Cc1ccc2c(-c3cc4ccccc4oc3=O)cc(=O)oc2c1. The number of hydrogen-bond acceptors (Lipinski definition) is 16. The van der Waals surface area contributed by atoms with Gasteiger partial charge in [-0.05, 0) is 233 Å². The van der Waals surface area contributed by atoms with Gasteiger partial charge in [0.05, 0.1) is 5.56 Å². The zero-order valence-electron chi connectivity index (χ0n) is 63.0. The Labute approximate surface area is 625 Å². The monoisotopic (exact) mass is 1450 g/mol. The van der Waals surface area contributed by atoms with Crippen LogP contribution in [-0.2, 0) is 0 Å². The Morgan fingerprint density at radius 2 is 0.852 bits per heavy atom. The van der Waals surface area contributed by atoms with E-state index in [9.17, 15) is 28.8 Å². The summed E-state index contributed by atoms with van der Waals surface area (Å²) in [5.74, 6) is 2.68. The van der Waals surface area contributed by atoms with E-state index in [2.05, 4.69) is 78.2 Å². The van der Waals surface area contributed by atoms with Crippen LogP contribution < -0.4 is 52.7 Å². The van der Waals surface area contributed by atoms with Crippen molar-refractivity contribution in [3.63, 3.8) is 0 Å². The predicted molar refractivity (Wildman–Crippen MR) is 433 cm³/mol. The van der Waals surface area contributed by atoms with E-state index in [-0.39, 0.29) is 22.5 Å². The summed E-state index contributed by atoms with van der Waals surface area (Å²) in [5.41, 5.74) is 16.5. The van der Waals surface area contributed by atoms with E-state index in [1.807, 2.05) is 145 Å². The molecule has 0 aliphatic rings. The number of benzene rings is 7. The summed E-state index contributed by atoms with van der Waals surface area (Å²) < 4.78 is 53.9. The maximum Gasteiger partial charge on any atom is 0.344 e. The van der Waals surface area contributed by atoms with Crippen LogP contribution in [0.4, 0.5) is 0 Å². The van der Waals surface area contributed by atoms with Crippen molar-refractivity contribution in [2.75, 3.05) is 19.8 Å². The first kappa shape index (κ1) is 79.3. The lowest BCUT2D eigenvalue weighted by Crippen LogP contribution is -2.06. The molecule has 0 atom stereocenters. The molecule has 16 heteroatoms. The van der Waals surface area contributed by atoms with Gasteiger partial charge in [0.1, 0.15) is 82.6 Å². The van der Waals surface area contributed by atoms with E-state index < -0.39 is 11.3 Å². The van der Waals surface area contributed by atoms with Gasteiger partial charge in [0.15, 0.2) is 0 Å². The molecule has 0 unspecified atom stereocenters. The van der Waals surface area contributed by atoms with Gasteiger partial charge in [0.25, 0.3) is 0 Å². The van der Waals surface area contributed by atoms with Gasteiger partial charge in [0, 0.05) is 92.5 Å². The van der Waals surface area contributed by atoms with E-state index >= 15 is 0 Å². The molecule has 13 aromatic rings. The smallest absolute Gasteiger partial charge is 0.344 e. The summed E-state index contributed by atoms with van der Waals surface area (Å²) in [7, 11) is 0. The molecular weight excluding hydrogens is 1360 g/mol. The highest BCUT2D eigenvalue weighted by molar-refractivity contribution is 5.96. The third-order valence-corrected chi connectivity index (χ3v) is 16.6. The van der Waals surface area contributed by atoms with Crippen molar-refractivity contribution in [1.29, 1.82) is 0 Å². The molecule has 0 N–H and O–H groups in total. The molecule has 0 bridgehead atoms. The van der Waals surface area contributed by atoms with Gasteiger partial charge in [-0.25, -0.2) is 28.8 Å². The Balaban J connectivity index is 0.000000158. The fraction of sp³-hybridized carbons (Fsp3) is 0.207. The van der Waals surface area contributed by atoms with Crippen molar-refractivity contribution in [3.8, 4) is 45.3 Å². The molecule has 0 saturated carbocycles. The molecular formula is C92H88O16. The van der Waals surface area contributed by atoms with E-state index in [4.69, 9.17) is 45.5 Å². The van der Waals surface area contributed by atoms with Crippen LogP contribution in [0.3, 0.4) is 0 Å². The Kier molecular flexibility index (Phi) is 28.1. The molecule has 6 heterocycles. The molecule has 0 spiro atoms. The van der Waals surface area contributed by atoms with Crippen molar-refractivity contribution >= 4 is 65.8 Å². The summed E-state index contributed by atoms with van der Waals surface area (Å²) >= 11 is 0. The predicted octanol–water partition coefficient (Wildman–Crippen LogP) is 21.9. The second-order valence-electron chi connectivity index (χ2n) is 26.7. The standard InChI is InChI=1S/C25H26O3.C20H24O3.C19H12O4.C14H14O3.C14H12O3/c1-18(2)8-7-9-19(3)14-15-27-21-12-13-22-23(20-10-5-4-6-11-20)17-25(26)28-24(22)16-21;1-14(2)6-5-7-15(3)10-11-22-17-8-9-18-16(4)12-20(21)23-19(18)13-17;1-11-6-7-13-14(10-18(20)22-17(13)8-11)15-9-12-4-2-3-5-16(12)23-19(15)21;1-9(2)8-16-11-4-5-12-10(3)6-14(15)17-13(12)7-11;1-10(2)7-8-16-12-5-3-11-4-6-14(15)17-13(11)9-12/h4-6,8,10-14,16-17H,7,9,15H2,1-3H3;6,8-10,12-13H,5,7,11H2,1-4H3;2-10H,1H3;4-7H,1,8H2,2-3H3;3-6,8-9H,1-2H3/b19-14+;15-10+;;;. The van der Waals surface area contributed by atoms with Gasteiger partial charge in [-0.3, -0.25) is 0 Å². The first-order valence-corrected chi connectivity index (χ1v) is 35.3. The van der Waals surface area contributed by atoms with Crippen LogP contribution in [0.2, 0.25) is 0 Å². The fourth-order valence-corrected chi connectivity index (χ4v) is 11.1. The minimum absolute atomic E-state index is 0.331. The van der Waals surface area contributed by atoms with Gasteiger partial charge >= 0.3 is 33.8 Å². The zero-order valence-corrected chi connectivity index (χ0v) is 63.0. The van der Waals surface area contributed by atoms with E-state index in [0.29, 0.717) is 92.8 Å². The van der Waals surface area contributed by atoms with Gasteiger partial charge in [-0.15, -0.1) is 0 Å². The van der Waals surface area contributed by atoms with Crippen LogP contribution in [0.15, 0.2) is 320 Å². The molecule has 7 aromatic carbocycles. The minimum atomic E-state index is -0.495. The van der Waals surface area contributed by atoms with Gasteiger partial charge < -0.3 is 45.5 Å². The van der Waals surface area contributed by atoms with Crippen molar-refractivity contribution in [2.45, 2.75) is 109 Å². The Hall–Kier alpha value is -12.8. The second-order valence-corrected chi connectivity index (χ2v) is 26.7. The van der Waals surface area contributed by atoms with Crippen LogP contribution in [0, 0.1) is 20.8 Å². The average molecular weight is 1450 g/mol. The first-order chi connectivity index (χ1) is 51.8. The Morgan fingerprint density at radius 3 is 1.42 bits per heavy atom. The van der Waals surface area contributed by atoms with Crippen molar-refractivity contribution in [1.82, 2.24) is 0 Å². The average Bonchev–Trinajstić information content (AvgIpc) is 0.775. The lowest BCUT2D eigenvalue weighted by molar-refractivity contribution is 0.352. The van der Waals surface area contributed by atoms with Crippen LogP contribution in [0.5, 0.6) is 23.0 Å². The molecule has 16 nitrogen and oxygen atoms in total. The molecule has 0 amide bonds. The van der Waals surface area contributed by atoms with E-state index in [1.54, 1.807) is 54.6 Å². The molecule has 0 aliphatic carbocycles. The third-order valence-electron chi connectivity index (χ3n) is 16.6. The molecule has 0 fully saturated rings. The summed E-state index contributed by atoms with van der Waals surface area (Å²) in [5, 5.41) is 5.13. The maximum atomic E-state index is 12.4. The van der Waals surface area contributed by atoms with Crippen LogP contribution in [-0.4, -0.2) is 19.8 Å². The molecule has 108 heavy (non-hydrogen) atoms. The fourth-order valence-electron chi connectivity index (χ4n) is 11.1. The number of rotatable bonds is 19. The number of fused-ring (bicyclic) bond motifs is 6. The maximum absolute atomic E-state index is 12.4. The number of hydrogen-bond donors (Lipinski definition) is 0. The minimum Gasteiger partial charge on any atom is -0.489 e. The molecule has 6 aromatic heterocycles. The van der Waals surface area contributed by atoms with Crippen LogP contribution in [0.25, 0.3) is 88.1 Å². The van der Waals surface area contributed by atoms with E-state index in [1.165, 1.54) is 58.9 Å². The first-order valence-electron chi connectivity index (χ1n) is 35.3. The number of ether oxygens (including phenoxy) is 4. The molecule has 0 radical (unpaired) electrons. The topological polar surface area (TPSA) is 218 Å². The molecule has 0 saturated heterocycles. The number of allylic oxidation sites excluding steroid dienone is 7. The van der Waals surface area contributed by atoms with Crippen LogP contribution in [0.1, 0.15) is 105 Å². The largest absolute Gasteiger partial charge is 0.489 e. The zero-order chi connectivity index (χ0) is 77.4. The highest BCUT2D eigenvalue weighted by Crippen LogP contribution is 2.32. The third kappa shape index (κ3) is 23.6. The van der Waals surface area contributed by atoms with Gasteiger partial charge in [-0.1, -0.05) is 107 Å². The van der Waals surface area contributed by atoms with Gasteiger partial charge in [0.2, 0.25) is 0 Å². The van der Waals surface area contributed by atoms with Crippen molar-refractivity contribution in [3.05, 3.63) is 344 Å². The lowest BCUT2D eigenvalue weighted by Gasteiger charge is -2.08. The summed E-state index contributed by atoms with van der Waals surface area (Å²) in [6, 6.07) is 55.4. The summed E-state index contributed by atoms with van der Waals surface area (Å²) in [4.78, 5) is 70.0. The van der Waals surface area contributed by atoms with Crippen molar-refractivity contribution < 1.29 is 45.5 Å². The highest BCUT2D eigenvalue weighted by Gasteiger charge is 2.15. The normalized spacial score (nSPS) is 11.0. The van der Waals surface area contributed by atoms with Crippen LogP contribution >= 0.6 is 0 Å².